The van der Waals surface area contributed by atoms with Crippen molar-refractivity contribution in [3.8, 4) is 11.5 Å². The number of methoxy groups -OCH3 is 2. The second kappa shape index (κ2) is 32.0. The van der Waals surface area contributed by atoms with Crippen LogP contribution in [-0.4, -0.2) is 203 Å². The Morgan fingerprint density at radius 2 is 1.00 bits per heavy atom. The third-order valence-electron chi connectivity index (χ3n) is 22.7. The number of nitrogens with zero attached hydrogens (tertiary/aromatic N) is 6. The van der Waals surface area contributed by atoms with Gasteiger partial charge in [0.25, 0.3) is 0 Å². The molecule has 4 aliphatic heterocycles. The number of carbonyl (C=O) groups excluding carboxylic acids is 10. The van der Waals surface area contributed by atoms with Gasteiger partial charge < -0.3 is 69.0 Å². The molecule has 4 saturated heterocycles. The van der Waals surface area contributed by atoms with Crippen molar-refractivity contribution in [1.82, 2.24) is 45.5 Å². The number of piperazine rings is 2. The van der Waals surface area contributed by atoms with Gasteiger partial charge in [-0.3, -0.25) is 53.3 Å². The number of halogens is 1. The Kier molecular flexibility index (Phi) is 24.2. The van der Waals surface area contributed by atoms with Crippen LogP contribution in [-0.2, 0) is 69.7 Å². The lowest BCUT2D eigenvalue weighted by atomic mass is 9.43. The molecule has 31 heteroatoms. The number of ether oxygens (including phenoxy) is 4. The molecule has 0 spiro atoms. The summed E-state index contributed by atoms with van der Waals surface area (Å²) >= 11 is 5.10. The van der Waals surface area contributed by atoms with Crippen molar-refractivity contribution >= 4 is 84.6 Å². The number of benzene rings is 2. The summed E-state index contributed by atoms with van der Waals surface area (Å²) in [5.41, 5.74) is 6.94. The van der Waals surface area contributed by atoms with E-state index in [-0.39, 0.29) is 78.7 Å². The van der Waals surface area contributed by atoms with Crippen LogP contribution in [0.1, 0.15) is 178 Å². The van der Waals surface area contributed by atoms with Gasteiger partial charge in [-0.1, -0.05) is 64.1 Å². The summed E-state index contributed by atoms with van der Waals surface area (Å²) in [6.07, 6.45) is 10.2. The van der Waals surface area contributed by atoms with Gasteiger partial charge >= 0.3 is 61.2 Å². The van der Waals surface area contributed by atoms with Crippen molar-refractivity contribution < 1.29 is 85.5 Å². The van der Waals surface area contributed by atoms with E-state index in [1.165, 1.54) is 36.4 Å². The van der Waals surface area contributed by atoms with Crippen molar-refractivity contribution in [2.45, 2.75) is 194 Å². The molecule has 14 rings (SSSR count). The number of imide groups is 2. The SMILES string of the molecule is CCN1CCN(C(=O)Cl)C(=O)C1=O.CCN1CCN(C(=O)NC(C(=O)N[C@@H](Cc2cccc(C(=O)OC(C)(C)C)c2OC)B2O[C@@H]3C[C@@H]4C[C@@H](C4(C)C)[C@]3(C)O2)c2cccnc2)C(=O)C1=O.COc1c(C[C@H](NC(=O)C(N)c2cccnc2)B2O[C@@H]3C[C@@H]4C[C@@H](C4(C)C)[C@]3(C)O2)cccc1C(=O)OC(C)(C)C. The zero-order valence-corrected chi connectivity index (χ0v) is 64.7. The molecule has 2 unspecified atom stereocenters. The van der Waals surface area contributed by atoms with Gasteiger partial charge in [0.1, 0.15) is 45.9 Å². The Labute approximate surface area is 630 Å². The van der Waals surface area contributed by atoms with E-state index >= 15 is 0 Å². The van der Waals surface area contributed by atoms with E-state index in [0.717, 1.165) is 35.5 Å². The fourth-order valence-electron chi connectivity index (χ4n) is 16.6. The number of para-hydroxylation sites is 2. The van der Waals surface area contributed by atoms with Crippen LogP contribution >= 0.6 is 11.6 Å². The number of nitrogens with one attached hydrogen (secondary N) is 3. The molecule has 4 aromatic rings. The van der Waals surface area contributed by atoms with E-state index in [9.17, 15) is 47.9 Å². The van der Waals surface area contributed by atoms with Crippen LogP contribution in [0, 0.1) is 34.5 Å². The molecule has 2 aromatic carbocycles. The third kappa shape index (κ3) is 16.9. The second-order valence-electron chi connectivity index (χ2n) is 32.2. The fourth-order valence-corrected chi connectivity index (χ4v) is 16.8. The highest BCUT2D eigenvalue weighted by molar-refractivity contribution is 6.65. The van der Waals surface area contributed by atoms with Crippen LogP contribution in [0.5, 0.6) is 11.5 Å². The van der Waals surface area contributed by atoms with Crippen molar-refractivity contribution in [2.75, 3.05) is 53.5 Å². The van der Waals surface area contributed by atoms with Gasteiger partial charge in [0.05, 0.1) is 49.5 Å². The number of pyridine rings is 2. The molecule has 6 aliphatic carbocycles. The highest BCUT2D eigenvalue weighted by Crippen LogP contribution is 2.67. The van der Waals surface area contributed by atoms with E-state index < -0.39 is 113 Å². The van der Waals surface area contributed by atoms with Crippen LogP contribution in [0.3, 0.4) is 0 Å². The molecule has 9 amide bonds. The van der Waals surface area contributed by atoms with E-state index in [1.54, 1.807) is 102 Å². The number of rotatable bonds is 19. The normalized spacial score (nSPS) is 25.6. The summed E-state index contributed by atoms with van der Waals surface area (Å²) < 4.78 is 49.6. The maximum atomic E-state index is 14.5. The minimum Gasteiger partial charge on any atom is -0.496 e. The van der Waals surface area contributed by atoms with Crippen LogP contribution in [0.4, 0.5) is 9.59 Å². The summed E-state index contributed by atoms with van der Waals surface area (Å²) in [7, 11) is 1.38. The van der Waals surface area contributed by atoms with Crippen LogP contribution < -0.4 is 31.2 Å². The molecule has 576 valence electrons. The van der Waals surface area contributed by atoms with Gasteiger partial charge in [0.15, 0.2) is 0 Å². The van der Waals surface area contributed by atoms with E-state index in [4.69, 9.17) is 54.9 Å². The Morgan fingerprint density at radius 3 is 1.39 bits per heavy atom. The predicted octanol–water partition coefficient (Wildman–Crippen LogP) is 7.56. The average molecular weight is 1500 g/mol. The summed E-state index contributed by atoms with van der Waals surface area (Å²) in [6, 6.07) is 14.1. The summed E-state index contributed by atoms with van der Waals surface area (Å²) in [5.74, 6) is -4.36. The van der Waals surface area contributed by atoms with E-state index in [1.807, 2.05) is 26.8 Å². The molecule has 0 radical (unpaired) electrons. The Hall–Kier alpha value is -8.54. The molecule has 12 atom stereocenters. The topological polar surface area (TPSA) is 345 Å². The smallest absolute Gasteiger partial charge is 0.482 e. The Balaban J connectivity index is 0.000000200. The Bertz CT molecular complexity index is 4030. The number of hydrogen-bond donors (Lipinski definition) is 4. The number of esters is 2. The second-order valence-corrected chi connectivity index (χ2v) is 32.5. The minimum atomic E-state index is -1.31. The first-order chi connectivity index (χ1) is 50.3. The zero-order valence-electron chi connectivity index (χ0n) is 64.0. The standard InChI is InChI=1S/C38H50BN5O9.C31H42BN3O6.C7H9ClN2O3/c1-9-43-16-17-44(33(47)32(43)46)35(49)42-29(23-13-11-15-40-21-23)31(45)41-28(39-52-27-20-24-19-26(37(24,5)6)38(27,7)53-39)18-22-12-10-14-25(30(22)50-8)34(48)51-36(2,3)4;1-29(2,3)39-28(37)21-12-8-10-18(26(21)38-7)14-24(35-27(36)25(33)19-11-9-13-34-17-19)32-40-23-16-20-15-22(30(20,4)5)31(23,6)41-32;1-2-9-3-4-10(7(8)13)6(12)5(9)11/h10-15,21,24,26-29H,9,16-20H2,1-8H3,(H,41,45)(H,42,49);8-13,17,20,22-25H,14-16,33H2,1-7H3,(H,35,36);2-4H2,1H3/t24-,26-,27+,28-,29?,38-;20-,22-,23+,24-,25?,31-;/m00./s1. The predicted molar refractivity (Wildman–Crippen MR) is 394 cm³/mol. The zero-order chi connectivity index (χ0) is 78.2. The largest absolute Gasteiger partial charge is 0.496 e. The molecule has 2 aromatic heterocycles. The summed E-state index contributed by atoms with van der Waals surface area (Å²) in [6.45, 7) is 29.2. The van der Waals surface area contributed by atoms with Crippen LogP contribution in [0.2, 0.25) is 0 Å². The molecule has 6 heterocycles. The third-order valence-corrected chi connectivity index (χ3v) is 22.9. The summed E-state index contributed by atoms with van der Waals surface area (Å²) in [4.78, 5) is 139. The van der Waals surface area contributed by atoms with Gasteiger partial charge in [-0.2, -0.15) is 0 Å². The highest BCUT2D eigenvalue weighted by Gasteiger charge is 2.70. The minimum absolute atomic E-state index is 0.0235. The van der Waals surface area contributed by atoms with Crippen LogP contribution in [0.25, 0.3) is 0 Å². The van der Waals surface area contributed by atoms with Crippen molar-refractivity contribution in [2.24, 2.45) is 40.2 Å². The molecular weight excluding hydrogens is 1400 g/mol. The molecule has 10 aliphatic rings. The maximum Gasteiger partial charge on any atom is 0.482 e. The lowest BCUT2D eigenvalue weighted by Crippen LogP contribution is -2.65. The Morgan fingerprint density at radius 1 is 0.579 bits per heavy atom. The monoisotopic (exact) mass is 1500 g/mol. The first-order valence-electron chi connectivity index (χ1n) is 36.6. The van der Waals surface area contributed by atoms with Gasteiger partial charge in [-0.05, 0) is 195 Å². The number of aromatic nitrogens is 2. The highest BCUT2D eigenvalue weighted by atomic mass is 35.5. The number of nitrogens with two attached hydrogens (primary N) is 1. The van der Waals surface area contributed by atoms with Gasteiger partial charge in [-0.15, -0.1) is 0 Å². The fraction of sp³-hybridized carbons (Fsp3) is 0.579. The number of likely N-dealkylation sites (N-methyl/N-ethyl adjacent to an activating group) is 2. The van der Waals surface area contributed by atoms with Crippen molar-refractivity contribution in [1.29, 1.82) is 0 Å². The lowest BCUT2D eigenvalue weighted by molar-refractivity contribution is -0.199. The van der Waals surface area contributed by atoms with Gasteiger partial charge in [-0.25, -0.2) is 14.4 Å². The molecule has 5 N–H and O–H groups in total. The first kappa shape index (κ1) is 81.0. The van der Waals surface area contributed by atoms with Crippen LogP contribution in [0.15, 0.2) is 85.5 Å². The number of hydrogen-bond acceptors (Lipinski definition) is 21. The summed E-state index contributed by atoms with van der Waals surface area (Å²) in [5, 5.41) is 7.97. The first-order valence-corrected chi connectivity index (χ1v) is 37.0. The molecule has 4 bridgehead atoms. The van der Waals surface area contributed by atoms with Gasteiger partial charge in [0.2, 0.25) is 11.8 Å². The molecule has 107 heavy (non-hydrogen) atoms. The van der Waals surface area contributed by atoms with E-state index in [2.05, 4.69) is 67.5 Å². The quantitative estimate of drug-likeness (QED) is 0.0231. The van der Waals surface area contributed by atoms with Crippen molar-refractivity contribution in [3.63, 3.8) is 0 Å². The van der Waals surface area contributed by atoms with E-state index in [0.29, 0.717) is 71.0 Å². The lowest BCUT2D eigenvalue weighted by Gasteiger charge is -2.64. The van der Waals surface area contributed by atoms with Crippen molar-refractivity contribution in [3.05, 3.63) is 119 Å². The average Bonchev–Trinajstić information content (AvgIpc) is 1.63. The maximum absolute atomic E-state index is 14.5. The number of carbonyl (C=O) groups is 10. The number of amides is 9. The number of urea groups is 1. The molecule has 6 saturated carbocycles. The molecule has 28 nitrogen and oxygen atoms in total. The van der Waals surface area contributed by atoms with Gasteiger partial charge in [0, 0.05) is 69.6 Å². The molecular formula is C76H101B2ClN10O18. The molecule has 10 fully saturated rings.